The molecule has 1 fully saturated rings. The zero-order chi connectivity index (χ0) is 15.8. The van der Waals surface area contributed by atoms with E-state index < -0.39 is 36.5 Å². The van der Waals surface area contributed by atoms with E-state index in [0.29, 0.717) is 6.61 Å². The fourth-order valence-electron chi connectivity index (χ4n) is 2.06. The van der Waals surface area contributed by atoms with Gasteiger partial charge in [0.15, 0.2) is 6.29 Å². The molecule has 0 aliphatic carbocycles. The van der Waals surface area contributed by atoms with E-state index in [1.807, 2.05) is 0 Å². The molecule has 1 aliphatic rings. The summed E-state index contributed by atoms with van der Waals surface area (Å²) in [5, 5.41) is 3.63. The first-order valence-electron chi connectivity index (χ1n) is 6.59. The van der Waals surface area contributed by atoms with Gasteiger partial charge in [0.1, 0.15) is 18.8 Å². The van der Waals surface area contributed by atoms with E-state index in [1.165, 1.54) is 13.8 Å². The molecule has 9 heteroatoms. The van der Waals surface area contributed by atoms with E-state index >= 15 is 0 Å². The Morgan fingerprint density at radius 2 is 2.10 bits per heavy atom. The van der Waals surface area contributed by atoms with Crippen molar-refractivity contribution in [2.45, 2.75) is 51.7 Å². The molecule has 0 aromatic carbocycles. The Hall–Kier alpha value is -1.83. The first kappa shape index (κ1) is 17.2. The van der Waals surface area contributed by atoms with Crippen LogP contribution in [0.4, 0.5) is 0 Å². The van der Waals surface area contributed by atoms with Crippen LogP contribution in [0.2, 0.25) is 0 Å². The van der Waals surface area contributed by atoms with Crippen LogP contribution >= 0.6 is 0 Å². The van der Waals surface area contributed by atoms with Gasteiger partial charge in [-0.25, -0.2) is 0 Å². The Balaban J connectivity index is 2.89. The predicted molar refractivity (Wildman–Crippen MR) is 70.0 cm³/mol. The van der Waals surface area contributed by atoms with Crippen molar-refractivity contribution in [3.05, 3.63) is 10.4 Å². The molecule has 4 atom stereocenters. The molecule has 0 aromatic rings. The maximum absolute atomic E-state index is 11.2. The van der Waals surface area contributed by atoms with E-state index in [-0.39, 0.29) is 13.0 Å². The molecule has 21 heavy (non-hydrogen) atoms. The van der Waals surface area contributed by atoms with Gasteiger partial charge in [0.05, 0.1) is 6.04 Å². The third-order valence-corrected chi connectivity index (χ3v) is 2.81. The second-order valence-corrected chi connectivity index (χ2v) is 4.44. The Kier molecular flexibility index (Phi) is 6.93. The van der Waals surface area contributed by atoms with Crippen LogP contribution in [0.25, 0.3) is 10.4 Å². The van der Waals surface area contributed by atoms with E-state index in [4.69, 9.17) is 24.5 Å². The van der Waals surface area contributed by atoms with Gasteiger partial charge in [-0.15, -0.1) is 0 Å². The molecular formula is C12H19N3O6. The highest BCUT2D eigenvalue weighted by Gasteiger charge is 2.41. The summed E-state index contributed by atoms with van der Waals surface area (Å²) in [6, 6.07) is -0.648. The summed E-state index contributed by atoms with van der Waals surface area (Å²) in [5.74, 6) is -1.02. The number of hydrogen-bond acceptors (Lipinski definition) is 7. The van der Waals surface area contributed by atoms with E-state index in [1.54, 1.807) is 6.92 Å². The number of carbonyl (C=O) groups excluding carboxylic acids is 2. The highest BCUT2D eigenvalue weighted by Crippen LogP contribution is 2.26. The third kappa shape index (κ3) is 5.58. The lowest BCUT2D eigenvalue weighted by molar-refractivity contribution is -0.241. The summed E-state index contributed by atoms with van der Waals surface area (Å²) in [6.45, 7) is 4.59. The molecule has 0 amide bonds. The van der Waals surface area contributed by atoms with Gasteiger partial charge >= 0.3 is 11.9 Å². The van der Waals surface area contributed by atoms with Crippen LogP contribution in [0.15, 0.2) is 5.11 Å². The molecule has 1 heterocycles. The molecule has 0 aromatic heterocycles. The van der Waals surface area contributed by atoms with Crippen LogP contribution in [0, 0.1) is 0 Å². The van der Waals surface area contributed by atoms with Crippen molar-refractivity contribution in [2.24, 2.45) is 5.11 Å². The van der Waals surface area contributed by atoms with Gasteiger partial charge in [-0.05, 0) is 12.5 Å². The van der Waals surface area contributed by atoms with Crippen LogP contribution in [0.1, 0.15) is 27.2 Å². The average Bonchev–Trinajstić information content (AvgIpc) is 2.39. The molecule has 0 N–H and O–H groups in total. The highest BCUT2D eigenvalue weighted by atomic mass is 16.7. The van der Waals surface area contributed by atoms with Crippen molar-refractivity contribution in [3.8, 4) is 0 Å². The normalized spacial score (nSPS) is 28.3. The lowest BCUT2D eigenvalue weighted by atomic mass is 9.99. The van der Waals surface area contributed by atoms with Crippen LogP contribution in [-0.4, -0.2) is 49.7 Å². The van der Waals surface area contributed by atoms with Gasteiger partial charge in [0.2, 0.25) is 0 Å². The Labute approximate surface area is 122 Å². The van der Waals surface area contributed by atoms with Gasteiger partial charge in [-0.2, -0.15) is 0 Å². The molecule has 9 nitrogen and oxygen atoms in total. The summed E-state index contributed by atoms with van der Waals surface area (Å²) in [4.78, 5) is 24.9. The molecule has 1 saturated heterocycles. The minimum atomic E-state index is -0.825. The predicted octanol–water partition coefficient (Wildman–Crippen LogP) is 1.31. The van der Waals surface area contributed by atoms with Crippen LogP contribution in [-0.2, 0) is 28.5 Å². The number of rotatable bonds is 6. The van der Waals surface area contributed by atoms with Crippen molar-refractivity contribution >= 4 is 11.9 Å². The van der Waals surface area contributed by atoms with Crippen molar-refractivity contribution in [1.82, 2.24) is 0 Å². The highest BCUT2D eigenvalue weighted by molar-refractivity contribution is 5.66. The van der Waals surface area contributed by atoms with Crippen LogP contribution < -0.4 is 0 Å². The lowest BCUT2D eigenvalue weighted by Crippen LogP contribution is -2.52. The number of esters is 2. The Morgan fingerprint density at radius 1 is 1.38 bits per heavy atom. The van der Waals surface area contributed by atoms with Gasteiger partial charge in [-0.1, -0.05) is 5.11 Å². The van der Waals surface area contributed by atoms with Crippen molar-refractivity contribution in [1.29, 1.82) is 0 Å². The smallest absolute Gasteiger partial charge is 0.303 e. The summed E-state index contributed by atoms with van der Waals surface area (Å²) >= 11 is 0. The molecule has 0 bridgehead atoms. The Bertz CT molecular complexity index is 423. The fraction of sp³-hybridized carbons (Fsp3) is 0.833. The van der Waals surface area contributed by atoms with Gasteiger partial charge < -0.3 is 18.9 Å². The zero-order valence-electron chi connectivity index (χ0n) is 12.2. The summed E-state index contributed by atoms with van der Waals surface area (Å²) in [7, 11) is 0. The topological polar surface area (TPSA) is 120 Å². The second kappa shape index (κ2) is 8.46. The minimum Gasteiger partial charge on any atom is -0.463 e. The number of nitrogens with zero attached hydrogens (tertiary/aromatic N) is 3. The molecule has 0 spiro atoms. The van der Waals surface area contributed by atoms with E-state index in [2.05, 4.69) is 10.0 Å². The van der Waals surface area contributed by atoms with Crippen molar-refractivity contribution in [3.63, 3.8) is 0 Å². The van der Waals surface area contributed by atoms with Crippen LogP contribution in [0.3, 0.4) is 0 Å². The molecule has 1 rings (SSSR count). The third-order valence-electron chi connectivity index (χ3n) is 2.81. The van der Waals surface area contributed by atoms with Crippen molar-refractivity contribution < 1.29 is 28.5 Å². The largest absolute Gasteiger partial charge is 0.463 e. The molecule has 0 unspecified atom stereocenters. The average molecular weight is 301 g/mol. The SMILES string of the molecule is CCO[C@@H]1C[C@@H](N=[N+]=[N-])[C@H](OC(C)=O)[C@@H](COC(C)=O)O1. The van der Waals surface area contributed by atoms with E-state index in [9.17, 15) is 9.59 Å². The Morgan fingerprint density at radius 3 is 2.62 bits per heavy atom. The molecular weight excluding hydrogens is 282 g/mol. The van der Waals surface area contributed by atoms with Gasteiger partial charge in [0.25, 0.3) is 0 Å². The van der Waals surface area contributed by atoms with Gasteiger partial charge in [-0.3, -0.25) is 9.59 Å². The molecule has 118 valence electrons. The monoisotopic (exact) mass is 301 g/mol. The molecule has 0 saturated carbocycles. The molecule has 1 aliphatic heterocycles. The number of azide groups is 1. The quantitative estimate of drug-likeness (QED) is 0.316. The lowest BCUT2D eigenvalue weighted by Gasteiger charge is -2.38. The summed E-state index contributed by atoms with van der Waals surface area (Å²) in [5.41, 5.74) is 8.64. The van der Waals surface area contributed by atoms with Crippen LogP contribution in [0.5, 0.6) is 0 Å². The standard InChI is InChI=1S/C12H19N3O6/c1-4-18-11-5-9(14-15-13)12(20-8(3)17)10(21-11)6-19-7(2)16/h9-12H,4-6H2,1-3H3/t9-,10-,11+,12+/m1/s1. The number of ether oxygens (including phenoxy) is 4. The number of carbonyl (C=O) groups is 2. The maximum Gasteiger partial charge on any atom is 0.303 e. The van der Waals surface area contributed by atoms with Gasteiger partial charge in [0, 0.05) is 31.8 Å². The fourth-order valence-corrected chi connectivity index (χ4v) is 2.06. The first-order valence-corrected chi connectivity index (χ1v) is 6.59. The summed E-state index contributed by atoms with van der Waals surface area (Å²) < 4.78 is 21.0. The minimum absolute atomic E-state index is 0.117. The first-order chi connectivity index (χ1) is 9.97. The van der Waals surface area contributed by atoms with Crippen molar-refractivity contribution in [2.75, 3.05) is 13.2 Å². The summed E-state index contributed by atoms with van der Waals surface area (Å²) in [6.07, 6.45) is -1.93. The zero-order valence-corrected chi connectivity index (χ0v) is 12.2. The number of hydrogen-bond donors (Lipinski definition) is 0. The molecule has 0 radical (unpaired) electrons. The maximum atomic E-state index is 11.2. The van der Waals surface area contributed by atoms with E-state index in [0.717, 1.165) is 0 Å². The second-order valence-electron chi connectivity index (χ2n) is 4.44.